The number of likely N-dealkylation sites (N-methyl/N-ethyl adjacent to an activating group) is 1. The van der Waals surface area contributed by atoms with Gasteiger partial charge in [-0.25, -0.2) is 0 Å². The average Bonchev–Trinajstić information content (AvgIpc) is 3.39. The summed E-state index contributed by atoms with van der Waals surface area (Å²) < 4.78 is 17.4. The van der Waals surface area contributed by atoms with Gasteiger partial charge < -0.3 is 24.4 Å². The predicted molar refractivity (Wildman–Crippen MR) is 152 cm³/mol. The summed E-state index contributed by atoms with van der Waals surface area (Å²) >= 11 is 1.62. The lowest BCUT2D eigenvalue weighted by molar-refractivity contribution is 0.148. The molecule has 1 saturated heterocycles. The number of hydrogen-bond acceptors (Lipinski definition) is 9. The topological polar surface area (TPSA) is 82.9 Å². The molecule has 1 aliphatic rings. The largest absolute Gasteiger partial charge is 0.493 e. The number of aromatic nitrogens is 1. The normalized spacial score (nSPS) is 14.3. The third kappa shape index (κ3) is 5.24. The second-order valence-electron chi connectivity index (χ2n) is 9.30. The third-order valence-corrected chi connectivity index (χ3v) is 8.03. The van der Waals surface area contributed by atoms with Crippen molar-refractivity contribution in [3.8, 4) is 33.8 Å². The van der Waals surface area contributed by atoms with Gasteiger partial charge in [0, 0.05) is 61.6 Å². The van der Waals surface area contributed by atoms with Gasteiger partial charge in [-0.3, -0.25) is 9.88 Å². The first kappa shape index (κ1) is 25.8. The van der Waals surface area contributed by atoms with Gasteiger partial charge in [0.15, 0.2) is 11.5 Å². The molecule has 8 nitrogen and oxygen atoms in total. The van der Waals surface area contributed by atoms with Crippen LogP contribution in [0.5, 0.6) is 17.2 Å². The van der Waals surface area contributed by atoms with Crippen LogP contribution in [0.15, 0.2) is 48.7 Å². The molecule has 5 rings (SSSR count). The smallest absolute Gasteiger partial charge is 0.203 e. The van der Waals surface area contributed by atoms with Crippen molar-refractivity contribution < 1.29 is 14.2 Å². The van der Waals surface area contributed by atoms with E-state index in [2.05, 4.69) is 63.5 Å². The lowest BCUT2D eigenvalue weighted by Crippen LogP contribution is -2.43. The molecular formula is C29H31N5O3S. The molecule has 0 radical (unpaired) electrons. The maximum absolute atomic E-state index is 9.84. The molecule has 0 aliphatic carbocycles. The fraction of sp³-hybridized carbons (Fsp3) is 0.310. The van der Waals surface area contributed by atoms with Crippen molar-refractivity contribution in [1.82, 2.24) is 14.8 Å². The number of methoxy groups -OCH3 is 3. The minimum Gasteiger partial charge on any atom is -0.493 e. The maximum Gasteiger partial charge on any atom is 0.203 e. The highest BCUT2D eigenvalue weighted by molar-refractivity contribution is 7.22. The lowest BCUT2D eigenvalue weighted by atomic mass is 10.1. The number of ether oxygens (including phenoxy) is 3. The molecule has 196 valence electrons. The van der Waals surface area contributed by atoms with Crippen molar-refractivity contribution >= 4 is 32.9 Å². The lowest BCUT2D eigenvalue weighted by Gasteiger charge is -2.32. The second-order valence-corrected chi connectivity index (χ2v) is 10.4. The number of anilines is 2. The summed E-state index contributed by atoms with van der Waals surface area (Å²) in [5, 5.41) is 13.3. The molecule has 0 atom stereocenters. The molecule has 0 saturated carbocycles. The van der Waals surface area contributed by atoms with Crippen LogP contribution in [-0.4, -0.2) is 69.3 Å². The van der Waals surface area contributed by atoms with E-state index >= 15 is 0 Å². The first-order valence-corrected chi connectivity index (χ1v) is 13.2. The van der Waals surface area contributed by atoms with Gasteiger partial charge in [0.05, 0.1) is 42.8 Å². The molecular weight excluding hydrogens is 498 g/mol. The summed E-state index contributed by atoms with van der Waals surface area (Å²) in [6.45, 7) is 5.40. The van der Waals surface area contributed by atoms with Crippen LogP contribution in [0.25, 0.3) is 20.7 Å². The minimum absolute atomic E-state index is 0.460. The van der Waals surface area contributed by atoms with Gasteiger partial charge in [0.2, 0.25) is 5.75 Å². The van der Waals surface area contributed by atoms with Crippen molar-refractivity contribution in [2.75, 3.05) is 59.9 Å². The number of nitriles is 1. The number of hydrogen-bond donors (Lipinski definition) is 1. The van der Waals surface area contributed by atoms with Crippen molar-refractivity contribution in [2.45, 2.75) is 6.54 Å². The number of benzene rings is 2. The Morgan fingerprint density at radius 1 is 0.974 bits per heavy atom. The Kier molecular flexibility index (Phi) is 7.65. The van der Waals surface area contributed by atoms with E-state index in [0.29, 0.717) is 34.2 Å². The van der Waals surface area contributed by atoms with Gasteiger partial charge in [-0.15, -0.1) is 11.3 Å². The number of fused-ring (bicyclic) bond motifs is 1. The van der Waals surface area contributed by atoms with Gasteiger partial charge in [0.25, 0.3) is 0 Å². The molecule has 2 aromatic heterocycles. The van der Waals surface area contributed by atoms with Crippen LogP contribution in [0.1, 0.15) is 11.1 Å². The molecule has 0 unspecified atom stereocenters. The zero-order valence-electron chi connectivity index (χ0n) is 22.1. The summed E-state index contributed by atoms with van der Waals surface area (Å²) in [4.78, 5) is 10.5. The molecule has 1 aliphatic heterocycles. The number of rotatable bonds is 8. The summed E-state index contributed by atoms with van der Waals surface area (Å²) in [6, 6.07) is 16.8. The fourth-order valence-electron chi connectivity index (χ4n) is 4.66. The molecule has 0 bridgehead atoms. The third-order valence-electron chi connectivity index (χ3n) is 6.84. The van der Waals surface area contributed by atoms with E-state index in [9.17, 15) is 5.26 Å². The zero-order valence-corrected chi connectivity index (χ0v) is 22.9. The Balaban J connectivity index is 1.44. The van der Waals surface area contributed by atoms with E-state index in [1.165, 1.54) is 5.56 Å². The maximum atomic E-state index is 9.84. The number of nitrogens with one attached hydrogen (secondary N) is 1. The Labute approximate surface area is 227 Å². The van der Waals surface area contributed by atoms with E-state index < -0.39 is 0 Å². The Hall–Kier alpha value is -3.84. The van der Waals surface area contributed by atoms with Gasteiger partial charge in [0.1, 0.15) is 6.07 Å². The van der Waals surface area contributed by atoms with Crippen molar-refractivity contribution in [3.63, 3.8) is 0 Å². The van der Waals surface area contributed by atoms with E-state index in [1.54, 1.807) is 38.9 Å². The monoisotopic (exact) mass is 529 g/mol. The van der Waals surface area contributed by atoms with E-state index in [0.717, 1.165) is 53.4 Å². The Morgan fingerprint density at radius 3 is 2.26 bits per heavy atom. The molecule has 3 heterocycles. The van der Waals surface area contributed by atoms with Crippen LogP contribution >= 0.6 is 11.3 Å². The standard InChI is InChI=1S/C29H31N5O3S/c1-33-9-11-34(12-10-33)18-19-5-7-20(8-6-19)26-15-23-29(38-26)27(21(16-30)17-31-23)32-22-13-24(35-2)28(37-4)25(14-22)36-3/h5-8,13-15,17H,9-12,18H2,1-4H3,(H,31,32). The van der Waals surface area contributed by atoms with Crippen LogP contribution in [0.2, 0.25) is 0 Å². The van der Waals surface area contributed by atoms with Crippen LogP contribution in [-0.2, 0) is 6.54 Å². The fourth-order valence-corrected chi connectivity index (χ4v) is 5.79. The second kappa shape index (κ2) is 11.3. The number of piperazine rings is 1. The zero-order chi connectivity index (χ0) is 26.6. The number of nitrogens with zero attached hydrogens (tertiary/aromatic N) is 4. The summed E-state index contributed by atoms with van der Waals surface area (Å²) in [5.41, 5.74) is 5.16. The summed E-state index contributed by atoms with van der Waals surface area (Å²) in [6.07, 6.45) is 1.61. The number of pyridine rings is 1. The number of thiophene rings is 1. The first-order chi connectivity index (χ1) is 18.5. The highest BCUT2D eigenvalue weighted by Crippen LogP contribution is 2.43. The molecule has 4 aromatic rings. The minimum atomic E-state index is 0.460. The molecule has 1 N–H and O–H groups in total. The quantitative estimate of drug-likeness (QED) is 0.327. The molecule has 2 aromatic carbocycles. The van der Waals surface area contributed by atoms with Crippen molar-refractivity contribution in [1.29, 1.82) is 5.26 Å². The van der Waals surface area contributed by atoms with Crippen LogP contribution in [0.3, 0.4) is 0 Å². The molecule has 1 fully saturated rings. The average molecular weight is 530 g/mol. The summed E-state index contributed by atoms with van der Waals surface area (Å²) in [7, 11) is 6.90. The van der Waals surface area contributed by atoms with Crippen LogP contribution < -0.4 is 19.5 Å². The summed E-state index contributed by atoms with van der Waals surface area (Å²) in [5.74, 6) is 1.57. The highest BCUT2D eigenvalue weighted by atomic mass is 32.1. The van der Waals surface area contributed by atoms with Gasteiger partial charge >= 0.3 is 0 Å². The molecule has 9 heteroatoms. The Bertz CT molecular complexity index is 1450. The van der Waals surface area contributed by atoms with Gasteiger partial charge in [-0.05, 0) is 24.2 Å². The first-order valence-electron chi connectivity index (χ1n) is 12.4. The van der Waals surface area contributed by atoms with Gasteiger partial charge in [-0.2, -0.15) is 5.26 Å². The SMILES string of the molecule is COc1cc(Nc2c(C#N)cnc3cc(-c4ccc(CN5CCN(C)CC5)cc4)sc23)cc(OC)c1OC. The molecule has 38 heavy (non-hydrogen) atoms. The Morgan fingerprint density at radius 2 is 1.66 bits per heavy atom. The molecule has 0 amide bonds. The van der Waals surface area contributed by atoms with E-state index in [1.807, 2.05) is 12.1 Å². The van der Waals surface area contributed by atoms with Crippen molar-refractivity contribution in [3.05, 3.63) is 59.8 Å². The molecule has 0 spiro atoms. The highest BCUT2D eigenvalue weighted by Gasteiger charge is 2.18. The van der Waals surface area contributed by atoms with Crippen LogP contribution in [0, 0.1) is 11.3 Å². The van der Waals surface area contributed by atoms with Gasteiger partial charge in [-0.1, -0.05) is 24.3 Å². The van der Waals surface area contributed by atoms with E-state index in [-0.39, 0.29) is 0 Å². The van der Waals surface area contributed by atoms with Crippen LogP contribution in [0.4, 0.5) is 11.4 Å². The predicted octanol–water partition coefficient (Wildman–Crippen LogP) is 5.35. The van der Waals surface area contributed by atoms with E-state index in [4.69, 9.17) is 14.2 Å². The van der Waals surface area contributed by atoms with Crippen molar-refractivity contribution in [2.24, 2.45) is 0 Å².